The molecule has 7 heteroatoms. The number of benzene rings is 2. The Morgan fingerprint density at radius 3 is 2.44 bits per heavy atom. The number of carboxylic acids is 1. The smallest absolute Gasteiger partial charge is 0.371 e. The number of aromatic carboxylic acids is 1. The Morgan fingerprint density at radius 2 is 1.78 bits per heavy atom. The van der Waals surface area contributed by atoms with Gasteiger partial charge in [0.15, 0.2) is 5.82 Å². The van der Waals surface area contributed by atoms with Crippen molar-refractivity contribution in [1.29, 1.82) is 0 Å². The number of fused-ring (bicyclic) bond motifs is 1. The van der Waals surface area contributed by atoms with E-state index in [1.807, 2.05) is 42.3 Å². The van der Waals surface area contributed by atoms with Crippen molar-refractivity contribution in [3.63, 3.8) is 0 Å². The number of nitrogens with zero attached hydrogens (tertiary/aromatic N) is 3. The molecule has 0 saturated heterocycles. The van der Waals surface area contributed by atoms with E-state index in [-0.39, 0.29) is 17.3 Å². The molecule has 2 aromatic carbocycles. The standard InChI is InChI=1S/C20H14FN3O3/c1-24(14-5-3-2-4-6-14)18-17(12-7-9-13(21)10-8-12)22-15-11-16(20(25)26)27-19(15)23-18/h2-11H,1H3,(H,25,26). The highest BCUT2D eigenvalue weighted by molar-refractivity contribution is 5.91. The molecule has 0 saturated carbocycles. The third kappa shape index (κ3) is 3.10. The third-order valence-electron chi connectivity index (χ3n) is 4.13. The molecule has 0 spiro atoms. The summed E-state index contributed by atoms with van der Waals surface area (Å²) in [5, 5.41) is 9.16. The molecule has 0 amide bonds. The van der Waals surface area contributed by atoms with Gasteiger partial charge in [-0.15, -0.1) is 0 Å². The highest BCUT2D eigenvalue weighted by atomic mass is 19.1. The summed E-state index contributed by atoms with van der Waals surface area (Å²) in [6.07, 6.45) is 0. The number of furan rings is 1. The molecule has 2 aromatic heterocycles. The molecule has 0 atom stereocenters. The van der Waals surface area contributed by atoms with Gasteiger partial charge < -0.3 is 14.4 Å². The zero-order valence-electron chi connectivity index (χ0n) is 14.3. The second-order valence-corrected chi connectivity index (χ2v) is 5.90. The van der Waals surface area contributed by atoms with Gasteiger partial charge in [-0.25, -0.2) is 14.2 Å². The van der Waals surface area contributed by atoms with Crippen LogP contribution in [0.3, 0.4) is 0 Å². The summed E-state index contributed by atoms with van der Waals surface area (Å²) < 4.78 is 18.7. The highest BCUT2D eigenvalue weighted by Crippen LogP contribution is 2.33. The van der Waals surface area contributed by atoms with E-state index in [1.54, 1.807) is 12.1 Å². The molecule has 1 N–H and O–H groups in total. The number of carbonyl (C=O) groups is 1. The molecule has 4 aromatic rings. The van der Waals surface area contributed by atoms with E-state index in [1.165, 1.54) is 18.2 Å². The maximum absolute atomic E-state index is 13.3. The van der Waals surface area contributed by atoms with E-state index < -0.39 is 5.97 Å². The summed E-state index contributed by atoms with van der Waals surface area (Å²) >= 11 is 0. The molecular weight excluding hydrogens is 349 g/mol. The van der Waals surface area contributed by atoms with Gasteiger partial charge in [0.05, 0.1) is 0 Å². The number of hydrogen-bond acceptors (Lipinski definition) is 5. The van der Waals surface area contributed by atoms with Gasteiger partial charge in [-0.2, -0.15) is 4.98 Å². The average molecular weight is 363 g/mol. The number of para-hydroxylation sites is 1. The van der Waals surface area contributed by atoms with Crippen LogP contribution in [0.1, 0.15) is 10.6 Å². The van der Waals surface area contributed by atoms with Crippen LogP contribution in [0.5, 0.6) is 0 Å². The lowest BCUT2D eigenvalue weighted by Crippen LogP contribution is -2.13. The highest BCUT2D eigenvalue weighted by Gasteiger charge is 2.20. The van der Waals surface area contributed by atoms with Gasteiger partial charge in [0.2, 0.25) is 11.5 Å². The van der Waals surface area contributed by atoms with Crippen molar-refractivity contribution in [2.45, 2.75) is 0 Å². The van der Waals surface area contributed by atoms with Gasteiger partial charge in [-0.05, 0) is 36.4 Å². The van der Waals surface area contributed by atoms with Gasteiger partial charge >= 0.3 is 5.97 Å². The van der Waals surface area contributed by atoms with Crippen LogP contribution in [0, 0.1) is 5.82 Å². The van der Waals surface area contributed by atoms with Crippen LogP contribution in [0.25, 0.3) is 22.5 Å². The van der Waals surface area contributed by atoms with E-state index in [9.17, 15) is 9.18 Å². The first-order valence-electron chi connectivity index (χ1n) is 8.12. The minimum atomic E-state index is -1.20. The maximum atomic E-state index is 13.3. The zero-order valence-corrected chi connectivity index (χ0v) is 14.3. The summed E-state index contributed by atoms with van der Waals surface area (Å²) in [5.41, 5.74) is 2.45. The van der Waals surface area contributed by atoms with Crippen molar-refractivity contribution in [2.75, 3.05) is 11.9 Å². The van der Waals surface area contributed by atoms with Crippen molar-refractivity contribution in [2.24, 2.45) is 0 Å². The summed E-state index contributed by atoms with van der Waals surface area (Å²) in [6, 6.07) is 16.7. The minimum absolute atomic E-state index is 0.121. The van der Waals surface area contributed by atoms with Gasteiger partial charge in [-0.3, -0.25) is 0 Å². The van der Waals surface area contributed by atoms with Crippen molar-refractivity contribution >= 4 is 28.7 Å². The van der Waals surface area contributed by atoms with Crippen molar-refractivity contribution in [1.82, 2.24) is 9.97 Å². The Balaban J connectivity index is 1.94. The molecule has 0 aliphatic carbocycles. The number of aromatic nitrogens is 2. The number of anilines is 2. The summed E-state index contributed by atoms with van der Waals surface area (Å²) in [4.78, 5) is 22.0. The monoisotopic (exact) mass is 363 g/mol. The van der Waals surface area contributed by atoms with E-state index in [2.05, 4.69) is 9.97 Å². The molecule has 0 aliphatic rings. The topological polar surface area (TPSA) is 79.5 Å². The second-order valence-electron chi connectivity index (χ2n) is 5.90. The molecule has 0 radical (unpaired) electrons. The van der Waals surface area contributed by atoms with Crippen LogP contribution in [0.2, 0.25) is 0 Å². The number of halogens is 1. The van der Waals surface area contributed by atoms with Gasteiger partial charge in [-0.1, -0.05) is 18.2 Å². The van der Waals surface area contributed by atoms with Crippen LogP contribution in [-0.4, -0.2) is 28.1 Å². The van der Waals surface area contributed by atoms with Crippen LogP contribution < -0.4 is 4.90 Å². The molecule has 134 valence electrons. The van der Waals surface area contributed by atoms with Gasteiger partial charge in [0.1, 0.15) is 17.0 Å². The lowest BCUT2D eigenvalue weighted by Gasteiger charge is -2.20. The van der Waals surface area contributed by atoms with Crippen LogP contribution in [0.15, 0.2) is 65.1 Å². The quantitative estimate of drug-likeness (QED) is 0.575. The fourth-order valence-corrected chi connectivity index (χ4v) is 2.77. The molecule has 0 bridgehead atoms. The molecule has 6 nitrogen and oxygen atoms in total. The Labute approximate surface area is 153 Å². The van der Waals surface area contributed by atoms with Crippen LogP contribution in [-0.2, 0) is 0 Å². The summed E-state index contributed by atoms with van der Waals surface area (Å²) in [5.74, 6) is -1.33. The van der Waals surface area contributed by atoms with Crippen LogP contribution >= 0.6 is 0 Å². The minimum Gasteiger partial charge on any atom is -0.475 e. The second kappa shape index (κ2) is 6.53. The molecule has 4 rings (SSSR count). The number of hydrogen-bond donors (Lipinski definition) is 1. The third-order valence-corrected chi connectivity index (χ3v) is 4.13. The normalized spacial score (nSPS) is 10.9. The fourth-order valence-electron chi connectivity index (χ4n) is 2.77. The number of rotatable bonds is 4. The predicted molar refractivity (Wildman–Crippen MR) is 98.7 cm³/mol. The first-order chi connectivity index (χ1) is 13.0. The SMILES string of the molecule is CN(c1ccccc1)c1nc2oc(C(=O)O)cc2nc1-c1ccc(F)cc1. The molecule has 0 unspecified atom stereocenters. The average Bonchev–Trinajstić information content (AvgIpc) is 3.11. The van der Waals surface area contributed by atoms with Crippen molar-refractivity contribution < 1.29 is 18.7 Å². The Morgan fingerprint density at radius 1 is 1.07 bits per heavy atom. The van der Waals surface area contributed by atoms with E-state index in [0.717, 1.165) is 5.69 Å². The fraction of sp³-hybridized carbons (Fsp3) is 0.0500. The van der Waals surface area contributed by atoms with E-state index in [4.69, 9.17) is 9.52 Å². The van der Waals surface area contributed by atoms with E-state index in [0.29, 0.717) is 22.6 Å². The van der Waals surface area contributed by atoms with Gasteiger partial charge in [0.25, 0.3) is 0 Å². The Hall–Kier alpha value is -3.74. The molecule has 0 fully saturated rings. The van der Waals surface area contributed by atoms with Crippen molar-refractivity contribution in [3.05, 3.63) is 72.2 Å². The lowest BCUT2D eigenvalue weighted by molar-refractivity contribution is 0.0664. The van der Waals surface area contributed by atoms with Crippen molar-refractivity contribution in [3.8, 4) is 11.3 Å². The predicted octanol–water partition coefficient (Wildman–Crippen LogP) is 4.50. The molecular formula is C20H14FN3O3. The first kappa shape index (κ1) is 16.7. The molecule has 0 aliphatic heterocycles. The maximum Gasteiger partial charge on any atom is 0.371 e. The van der Waals surface area contributed by atoms with Gasteiger partial charge in [0, 0.05) is 24.4 Å². The zero-order chi connectivity index (χ0) is 19.0. The van der Waals surface area contributed by atoms with E-state index >= 15 is 0 Å². The summed E-state index contributed by atoms with van der Waals surface area (Å²) in [6.45, 7) is 0. The molecule has 27 heavy (non-hydrogen) atoms. The largest absolute Gasteiger partial charge is 0.475 e. The first-order valence-corrected chi connectivity index (χ1v) is 8.12. The Kier molecular flexibility index (Phi) is 4.04. The summed E-state index contributed by atoms with van der Waals surface area (Å²) in [7, 11) is 1.82. The number of carboxylic acid groups (broad SMARTS) is 1. The van der Waals surface area contributed by atoms with Crippen LogP contribution in [0.4, 0.5) is 15.9 Å². The lowest BCUT2D eigenvalue weighted by atomic mass is 10.1. The Bertz CT molecular complexity index is 1120. The molecule has 2 heterocycles.